The molecular weight excluding hydrogens is 246 g/mol. The monoisotopic (exact) mass is 261 g/mol. The van der Waals surface area contributed by atoms with Crippen LogP contribution in [0.4, 0.5) is 0 Å². The van der Waals surface area contributed by atoms with E-state index in [1.54, 1.807) is 0 Å². The Labute approximate surface area is 92.9 Å². The maximum absolute atomic E-state index is 4.26. The van der Waals surface area contributed by atoms with E-state index in [1.807, 2.05) is 6.20 Å². The highest BCUT2D eigenvalue weighted by atomic mass is 32.6. The van der Waals surface area contributed by atoms with Crippen LogP contribution >= 0.6 is 33.1 Å². The van der Waals surface area contributed by atoms with Gasteiger partial charge in [0.15, 0.2) is 0 Å². The number of hydrogen-bond donors (Lipinski definition) is 0. The molecule has 1 nitrogen and oxygen atoms in total. The van der Waals surface area contributed by atoms with E-state index in [2.05, 4.69) is 42.0 Å². The predicted molar refractivity (Wildman–Crippen MR) is 74.5 cm³/mol. The second-order valence-electron chi connectivity index (χ2n) is 3.74. The summed E-state index contributed by atoms with van der Waals surface area (Å²) in [6, 6.07) is 2.19. The molecule has 6 atom stereocenters. The molecule has 1 aromatic rings. The van der Waals surface area contributed by atoms with Crippen molar-refractivity contribution in [3.8, 4) is 0 Å². The Morgan fingerprint density at radius 1 is 1.64 bits per heavy atom. The Bertz CT molecular complexity index is 326. The zero-order valence-corrected chi connectivity index (χ0v) is 12.3. The smallest absolute Gasteiger partial charge is 0.0309 e. The van der Waals surface area contributed by atoms with E-state index in [1.165, 1.54) is 17.5 Å². The first-order chi connectivity index (χ1) is 6.74. The number of hydrogen-bond acceptors (Lipinski definition) is 1. The van der Waals surface area contributed by atoms with E-state index in [9.17, 15) is 0 Å². The predicted octanol–water partition coefficient (Wildman–Crippen LogP) is 3.97. The third-order valence-electron chi connectivity index (χ3n) is 2.79. The summed E-state index contributed by atoms with van der Waals surface area (Å²) in [5.41, 5.74) is 3.79. The molecule has 0 bridgehead atoms. The summed E-state index contributed by atoms with van der Waals surface area (Å²) < 4.78 is 0. The van der Waals surface area contributed by atoms with Crippen LogP contribution in [0, 0.1) is 5.92 Å². The van der Waals surface area contributed by atoms with E-state index in [-0.39, 0.29) is 7.30 Å². The third kappa shape index (κ3) is 2.03. The standard InChI is InChI=1S/C9H15NP4/c1-6-4-7-2-3-10-5-8(7)9(6)14(12)13-11/h2-3,5-6,9,13H,4,11-12H2,1H3/t6-,9-,14?/m0/s1. The number of rotatable bonds is 2. The van der Waals surface area contributed by atoms with Crippen molar-refractivity contribution < 1.29 is 0 Å². The SMILES string of the molecule is C[C@H]1Cc2ccncc2[C@H]1P(P)PP. The Balaban J connectivity index is 2.34. The molecule has 14 heavy (non-hydrogen) atoms. The molecule has 1 aliphatic rings. The molecule has 5 heteroatoms. The van der Waals surface area contributed by atoms with Crippen LogP contribution in [0.25, 0.3) is 0 Å². The van der Waals surface area contributed by atoms with Crippen molar-refractivity contribution >= 4 is 33.1 Å². The zero-order chi connectivity index (χ0) is 10.1. The van der Waals surface area contributed by atoms with Gasteiger partial charge < -0.3 is 0 Å². The molecule has 0 aliphatic heterocycles. The number of aromatic nitrogens is 1. The van der Waals surface area contributed by atoms with E-state index in [0.29, 0.717) is 0 Å². The topological polar surface area (TPSA) is 12.9 Å². The minimum Gasteiger partial charge on any atom is -0.264 e. The first-order valence-corrected chi connectivity index (χ1v) is 11.3. The van der Waals surface area contributed by atoms with Crippen LogP contribution in [0.1, 0.15) is 23.7 Å². The molecule has 4 unspecified atom stereocenters. The Morgan fingerprint density at radius 2 is 2.43 bits per heavy atom. The molecular formula is C9H15NP4. The summed E-state index contributed by atoms with van der Waals surface area (Å²) in [7, 11) is 6.99. The molecule has 0 spiro atoms. The summed E-state index contributed by atoms with van der Waals surface area (Å²) in [4.78, 5) is 4.26. The fraction of sp³-hybridized carbons (Fsp3) is 0.444. The number of pyridine rings is 1. The molecule has 0 fully saturated rings. The minimum absolute atomic E-state index is 0.0620. The first-order valence-electron chi connectivity index (χ1n) is 4.67. The van der Waals surface area contributed by atoms with Crippen molar-refractivity contribution in [1.29, 1.82) is 0 Å². The van der Waals surface area contributed by atoms with Gasteiger partial charge in [0, 0.05) is 18.1 Å². The quantitative estimate of drug-likeness (QED) is 0.734. The van der Waals surface area contributed by atoms with Gasteiger partial charge in [0.05, 0.1) is 0 Å². The Morgan fingerprint density at radius 3 is 3.14 bits per heavy atom. The van der Waals surface area contributed by atoms with Gasteiger partial charge in [-0.3, -0.25) is 4.98 Å². The third-order valence-corrected chi connectivity index (χ3v) is 13.9. The molecule has 1 aliphatic carbocycles. The number of fused-ring (bicyclic) bond motifs is 1. The average molecular weight is 261 g/mol. The summed E-state index contributed by atoms with van der Waals surface area (Å²) in [6.45, 7) is 2.37. The highest BCUT2D eigenvalue weighted by Gasteiger charge is 2.32. The second-order valence-corrected chi connectivity index (χ2v) is 13.2. The van der Waals surface area contributed by atoms with Crippen LogP contribution < -0.4 is 0 Å². The van der Waals surface area contributed by atoms with Crippen molar-refractivity contribution in [2.45, 2.75) is 19.0 Å². The lowest BCUT2D eigenvalue weighted by atomic mass is 10.1. The van der Waals surface area contributed by atoms with Gasteiger partial charge in [-0.25, -0.2) is 0 Å². The van der Waals surface area contributed by atoms with Crippen LogP contribution in [0.15, 0.2) is 18.5 Å². The summed E-state index contributed by atoms with van der Waals surface area (Å²) in [6.07, 6.45) is 5.24. The molecule has 0 saturated heterocycles. The molecule has 76 valence electrons. The molecule has 0 aromatic carbocycles. The maximum atomic E-state index is 4.26. The van der Waals surface area contributed by atoms with Gasteiger partial charge in [-0.1, -0.05) is 22.2 Å². The molecule has 0 N–H and O–H groups in total. The van der Waals surface area contributed by atoms with Gasteiger partial charge in [0.1, 0.15) is 0 Å². The Hall–Kier alpha value is 0.870. The summed E-state index contributed by atoms with van der Waals surface area (Å²) >= 11 is 0. The van der Waals surface area contributed by atoms with Crippen molar-refractivity contribution in [1.82, 2.24) is 4.98 Å². The van der Waals surface area contributed by atoms with Crippen LogP contribution in [0.5, 0.6) is 0 Å². The zero-order valence-electron chi connectivity index (χ0n) is 8.14. The lowest BCUT2D eigenvalue weighted by Crippen LogP contribution is -1.97. The van der Waals surface area contributed by atoms with Gasteiger partial charge in [-0.05, 0) is 29.5 Å². The summed E-state index contributed by atoms with van der Waals surface area (Å²) in [5.74, 6) is 0.797. The molecule has 1 aromatic heterocycles. The lowest BCUT2D eigenvalue weighted by molar-refractivity contribution is 0.613. The van der Waals surface area contributed by atoms with E-state index < -0.39 is 0 Å². The molecule has 0 amide bonds. The maximum Gasteiger partial charge on any atom is 0.0309 e. The molecule has 2 rings (SSSR count). The molecule has 1 heterocycles. The van der Waals surface area contributed by atoms with Gasteiger partial charge in [-0.2, -0.15) is 0 Å². The van der Waals surface area contributed by atoms with E-state index in [0.717, 1.165) is 19.5 Å². The van der Waals surface area contributed by atoms with Crippen molar-refractivity contribution in [3.63, 3.8) is 0 Å². The van der Waals surface area contributed by atoms with Crippen LogP contribution in [0.2, 0.25) is 0 Å². The minimum atomic E-state index is 0.0620. The fourth-order valence-electron chi connectivity index (χ4n) is 2.16. The first kappa shape index (κ1) is 11.4. The summed E-state index contributed by atoms with van der Waals surface area (Å²) in [5, 5.41) is 0. The number of nitrogens with zero attached hydrogens (tertiary/aromatic N) is 1. The van der Waals surface area contributed by atoms with Crippen LogP contribution in [-0.2, 0) is 6.42 Å². The van der Waals surface area contributed by atoms with E-state index in [4.69, 9.17) is 0 Å². The van der Waals surface area contributed by atoms with Crippen molar-refractivity contribution in [2.24, 2.45) is 5.92 Å². The second kappa shape index (κ2) is 4.80. The lowest BCUT2D eigenvalue weighted by Gasteiger charge is -2.22. The largest absolute Gasteiger partial charge is 0.264 e. The van der Waals surface area contributed by atoms with Gasteiger partial charge in [-0.15, -0.1) is 17.9 Å². The van der Waals surface area contributed by atoms with Crippen molar-refractivity contribution in [2.75, 3.05) is 0 Å². The molecule has 0 radical (unpaired) electrons. The normalized spacial score (nSPS) is 28.2. The fourth-order valence-corrected chi connectivity index (χ4v) is 7.97. The van der Waals surface area contributed by atoms with Gasteiger partial charge >= 0.3 is 0 Å². The van der Waals surface area contributed by atoms with Crippen molar-refractivity contribution in [3.05, 3.63) is 29.6 Å². The van der Waals surface area contributed by atoms with Crippen LogP contribution in [-0.4, -0.2) is 4.98 Å². The van der Waals surface area contributed by atoms with Gasteiger partial charge in [0.2, 0.25) is 0 Å². The van der Waals surface area contributed by atoms with Crippen LogP contribution in [0.3, 0.4) is 0 Å². The van der Waals surface area contributed by atoms with Gasteiger partial charge in [0.25, 0.3) is 0 Å². The molecule has 0 saturated carbocycles. The highest BCUT2D eigenvalue weighted by Crippen LogP contribution is 2.77. The average Bonchev–Trinajstić information content (AvgIpc) is 2.53. The Kier molecular flexibility index (Phi) is 3.90. The highest BCUT2D eigenvalue weighted by molar-refractivity contribution is 8.61. The van der Waals surface area contributed by atoms with E-state index >= 15 is 0 Å².